The van der Waals surface area contributed by atoms with Gasteiger partial charge < -0.3 is 5.73 Å². The Balaban J connectivity index is 1.64. The minimum atomic E-state index is 0.414. The van der Waals surface area contributed by atoms with Gasteiger partial charge in [-0.15, -0.1) is 0 Å². The molecule has 0 bridgehead atoms. The number of aryl methyl sites for hydroxylation is 1. The number of nitrogen functional groups attached to an aromatic ring is 1. The lowest BCUT2D eigenvalue weighted by atomic mass is 9.83. The van der Waals surface area contributed by atoms with Crippen LogP contribution in [0.5, 0.6) is 0 Å². The zero-order chi connectivity index (χ0) is 21.7. The third-order valence-corrected chi connectivity index (χ3v) is 6.44. The lowest BCUT2D eigenvalue weighted by Crippen LogP contribution is -2.13. The number of nitrogens with one attached hydrogen (secondary N) is 2. The van der Waals surface area contributed by atoms with Crippen molar-refractivity contribution in [1.29, 1.82) is 5.41 Å². The first-order chi connectivity index (χ1) is 15.7. The lowest BCUT2D eigenvalue weighted by molar-refractivity contribution is 0.689. The molecule has 0 radical (unpaired) electrons. The van der Waals surface area contributed by atoms with Crippen LogP contribution in [0.1, 0.15) is 35.1 Å². The summed E-state index contributed by atoms with van der Waals surface area (Å²) >= 11 is 0. The molecule has 0 spiro atoms. The van der Waals surface area contributed by atoms with Crippen LogP contribution in [0, 0.1) is 5.41 Å². The van der Waals surface area contributed by atoms with Crippen molar-refractivity contribution >= 4 is 33.2 Å². The van der Waals surface area contributed by atoms with E-state index in [4.69, 9.17) is 16.1 Å². The number of hydrogen-bond donors (Lipinski definition) is 3. The third kappa shape index (κ3) is 2.87. The summed E-state index contributed by atoms with van der Waals surface area (Å²) in [5.74, 6) is 0. The third-order valence-electron chi connectivity index (χ3n) is 6.44. The van der Waals surface area contributed by atoms with E-state index in [1.807, 2.05) is 30.5 Å². The molecule has 0 amide bonds. The SMILES string of the molecule is N=C(c1ccncc1)c1c(N)ccc2nc(-c3ccc4[nH]ncc4c3)c3c(c12)CCCC3. The van der Waals surface area contributed by atoms with Crippen molar-refractivity contribution in [2.75, 3.05) is 5.73 Å². The Bertz CT molecular complexity index is 1500. The number of benzene rings is 2. The van der Waals surface area contributed by atoms with Crippen molar-refractivity contribution in [3.8, 4) is 11.3 Å². The first-order valence-corrected chi connectivity index (χ1v) is 10.9. The highest BCUT2D eigenvalue weighted by atomic mass is 15.1. The fraction of sp³-hybridized carbons (Fsp3) is 0.154. The van der Waals surface area contributed by atoms with Crippen LogP contribution in [-0.2, 0) is 12.8 Å². The second-order valence-corrected chi connectivity index (χ2v) is 8.33. The van der Waals surface area contributed by atoms with Gasteiger partial charge in [-0.05, 0) is 73.2 Å². The fourth-order valence-corrected chi connectivity index (χ4v) is 4.90. The molecule has 0 saturated carbocycles. The zero-order valence-electron chi connectivity index (χ0n) is 17.5. The predicted molar refractivity (Wildman–Crippen MR) is 128 cm³/mol. The van der Waals surface area contributed by atoms with Gasteiger partial charge in [-0.25, -0.2) is 4.98 Å². The standard InChI is InChI=1S/C26H22N6/c27-20-6-8-22-23(24(20)25(28)15-9-11-29-12-10-15)18-3-1-2-4-19(18)26(31-22)16-5-7-21-17(13-16)14-30-32-21/h5-14,28H,1-4,27H2,(H,30,32). The molecule has 2 aromatic carbocycles. The highest BCUT2D eigenvalue weighted by Gasteiger charge is 2.24. The van der Waals surface area contributed by atoms with E-state index in [1.54, 1.807) is 12.4 Å². The van der Waals surface area contributed by atoms with Gasteiger partial charge in [0, 0.05) is 45.5 Å². The van der Waals surface area contributed by atoms with Crippen LogP contribution in [0.2, 0.25) is 0 Å². The molecule has 5 aromatic rings. The van der Waals surface area contributed by atoms with Crippen molar-refractivity contribution in [2.45, 2.75) is 25.7 Å². The minimum absolute atomic E-state index is 0.414. The number of pyridine rings is 2. The summed E-state index contributed by atoms with van der Waals surface area (Å²) in [5, 5.41) is 18.2. The predicted octanol–water partition coefficient (Wildman–Crippen LogP) is 5.05. The monoisotopic (exact) mass is 418 g/mol. The molecule has 0 unspecified atom stereocenters. The minimum Gasteiger partial charge on any atom is -0.398 e. The second-order valence-electron chi connectivity index (χ2n) is 8.33. The molecule has 156 valence electrons. The summed E-state index contributed by atoms with van der Waals surface area (Å²) in [6.45, 7) is 0. The highest BCUT2D eigenvalue weighted by molar-refractivity contribution is 6.21. The van der Waals surface area contributed by atoms with Crippen LogP contribution in [-0.4, -0.2) is 25.9 Å². The molecule has 4 N–H and O–H groups in total. The molecule has 3 aromatic heterocycles. The number of nitrogens with zero attached hydrogens (tertiary/aromatic N) is 3. The maximum Gasteiger partial charge on any atom is 0.0744 e. The molecule has 1 aliphatic rings. The summed E-state index contributed by atoms with van der Waals surface area (Å²) in [5.41, 5.74) is 15.7. The van der Waals surface area contributed by atoms with Crippen LogP contribution < -0.4 is 5.73 Å². The molecular weight excluding hydrogens is 396 g/mol. The second kappa shape index (κ2) is 7.27. The van der Waals surface area contributed by atoms with E-state index < -0.39 is 0 Å². The normalized spacial score (nSPS) is 13.4. The molecule has 6 heteroatoms. The van der Waals surface area contributed by atoms with Gasteiger partial charge in [0.25, 0.3) is 0 Å². The van der Waals surface area contributed by atoms with Gasteiger partial charge in [0.15, 0.2) is 0 Å². The Morgan fingerprint density at radius 1 is 0.969 bits per heavy atom. The molecule has 0 atom stereocenters. The summed E-state index contributed by atoms with van der Waals surface area (Å²) in [4.78, 5) is 9.22. The van der Waals surface area contributed by atoms with Crippen molar-refractivity contribution in [3.63, 3.8) is 0 Å². The molecule has 0 aliphatic heterocycles. The average molecular weight is 419 g/mol. The summed E-state index contributed by atoms with van der Waals surface area (Å²) in [7, 11) is 0. The van der Waals surface area contributed by atoms with Crippen molar-refractivity contribution in [2.24, 2.45) is 0 Å². The first-order valence-electron chi connectivity index (χ1n) is 10.9. The Labute approximate surface area is 185 Å². The Kier molecular flexibility index (Phi) is 4.24. The average Bonchev–Trinajstić information content (AvgIpc) is 3.32. The molecule has 0 saturated heterocycles. The van der Waals surface area contributed by atoms with E-state index in [-0.39, 0.29) is 0 Å². The number of fused-ring (bicyclic) bond motifs is 4. The van der Waals surface area contributed by atoms with Crippen molar-refractivity contribution in [3.05, 3.63) is 83.3 Å². The van der Waals surface area contributed by atoms with Crippen LogP contribution in [0.15, 0.2) is 61.1 Å². The number of H-pyrrole nitrogens is 1. The number of nitrogens with two attached hydrogens (primary N) is 1. The van der Waals surface area contributed by atoms with Crippen LogP contribution in [0.4, 0.5) is 5.69 Å². The zero-order valence-corrected chi connectivity index (χ0v) is 17.5. The number of aromatic amines is 1. The van der Waals surface area contributed by atoms with Crippen LogP contribution in [0.3, 0.4) is 0 Å². The van der Waals surface area contributed by atoms with Gasteiger partial charge in [0.1, 0.15) is 0 Å². The molecule has 6 nitrogen and oxygen atoms in total. The van der Waals surface area contributed by atoms with Gasteiger partial charge >= 0.3 is 0 Å². The van der Waals surface area contributed by atoms with Crippen LogP contribution in [0.25, 0.3) is 33.1 Å². The maximum atomic E-state index is 8.96. The Hall–Kier alpha value is -4.06. The molecule has 1 aliphatic carbocycles. The Morgan fingerprint density at radius 2 is 1.78 bits per heavy atom. The molecule has 3 heterocycles. The smallest absolute Gasteiger partial charge is 0.0744 e. The molecular formula is C26H22N6. The van der Waals surface area contributed by atoms with Gasteiger partial charge in [0.2, 0.25) is 0 Å². The summed E-state index contributed by atoms with van der Waals surface area (Å²) in [6.07, 6.45) is 9.49. The van der Waals surface area contributed by atoms with E-state index in [0.717, 1.165) is 69.9 Å². The number of hydrogen-bond acceptors (Lipinski definition) is 5. The van der Waals surface area contributed by atoms with Crippen molar-refractivity contribution < 1.29 is 0 Å². The molecule has 32 heavy (non-hydrogen) atoms. The molecule has 6 rings (SSSR count). The van der Waals surface area contributed by atoms with Gasteiger partial charge in [0.05, 0.1) is 28.6 Å². The van der Waals surface area contributed by atoms with E-state index in [9.17, 15) is 0 Å². The van der Waals surface area contributed by atoms with E-state index in [1.165, 1.54) is 11.1 Å². The van der Waals surface area contributed by atoms with E-state index in [2.05, 4.69) is 33.4 Å². The van der Waals surface area contributed by atoms with E-state index in [0.29, 0.717) is 11.4 Å². The number of aromatic nitrogens is 4. The van der Waals surface area contributed by atoms with Gasteiger partial charge in [-0.3, -0.25) is 15.5 Å². The van der Waals surface area contributed by atoms with Gasteiger partial charge in [-0.2, -0.15) is 5.10 Å². The topological polar surface area (TPSA) is 104 Å². The van der Waals surface area contributed by atoms with E-state index >= 15 is 0 Å². The Morgan fingerprint density at radius 3 is 2.62 bits per heavy atom. The summed E-state index contributed by atoms with van der Waals surface area (Å²) in [6, 6.07) is 13.9. The highest BCUT2D eigenvalue weighted by Crippen LogP contribution is 2.39. The first kappa shape index (κ1) is 18.7. The van der Waals surface area contributed by atoms with Crippen LogP contribution >= 0.6 is 0 Å². The van der Waals surface area contributed by atoms with Gasteiger partial charge in [-0.1, -0.05) is 6.07 Å². The van der Waals surface area contributed by atoms with Crippen molar-refractivity contribution in [1.82, 2.24) is 20.2 Å². The molecule has 0 fully saturated rings. The fourth-order valence-electron chi connectivity index (χ4n) is 4.90. The number of anilines is 1. The maximum absolute atomic E-state index is 8.96. The largest absolute Gasteiger partial charge is 0.398 e. The summed E-state index contributed by atoms with van der Waals surface area (Å²) < 4.78 is 0. The number of rotatable bonds is 3. The lowest BCUT2D eigenvalue weighted by Gasteiger charge is -2.24. The quantitative estimate of drug-likeness (QED) is 0.282.